The van der Waals surface area contributed by atoms with E-state index in [1.807, 2.05) is 0 Å². The maximum absolute atomic E-state index is 5.39. The summed E-state index contributed by atoms with van der Waals surface area (Å²) in [6.45, 7) is 8.23. The van der Waals surface area contributed by atoms with Crippen molar-refractivity contribution in [2.45, 2.75) is 39.7 Å². The first-order valence-corrected chi connectivity index (χ1v) is 7.44. The Morgan fingerprint density at radius 3 is 2.42 bits per heavy atom. The van der Waals surface area contributed by atoms with E-state index in [-0.39, 0.29) is 0 Å². The third kappa shape index (κ3) is 4.84. The maximum atomic E-state index is 5.39. The van der Waals surface area contributed by atoms with Crippen LogP contribution in [0.1, 0.15) is 38.7 Å². The number of rotatable bonds is 6. The molecule has 1 fully saturated rings. The van der Waals surface area contributed by atoms with Crippen molar-refractivity contribution in [2.24, 2.45) is 5.92 Å². The number of piperidine rings is 1. The summed E-state index contributed by atoms with van der Waals surface area (Å²) in [5.41, 5.74) is 5.64. The predicted molar refractivity (Wildman–Crippen MR) is 80.1 cm³/mol. The fraction of sp³-hybridized carbons (Fsp3) is 0.625. The molecule has 0 atom stereocenters. The molecular formula is C16H26N2O. The van der Waals surface area contributed by atoms with Gasteiger partial charge in [0.25, 0.3) is 0 Å². The molecule has 0 aliphatic carbocycles. The largest absolute Gasteiger partial charge is 0.372 e. The molecule has 0 unspecified atom stereocenters. The topological polar surface area (TPSA) is 24.5 Å². The molecule has 1 aliphatic rings. The van der Waals surface area contributed by atoms with E-state index < -0.39 is 0 Å². The molecule has 3 heteroatoms. The van der Waals surface area contributed by atoms with Crippen molar-refractivity contribution in [2.75, 3.05) is 24.6 Å². The molecular weight excluding hydrogens is 236 g/mol. The van der Waals surface area contributed by atoms with Crippen LogP contribution in [0.3, 0.4) is 0 Å². The molecule has 1 N–H and O–H groups in total. The Bertz CT molecular complexity index is 356. The number of nitrogens with one attached hydrogen (secondary N) is 1. The van der Waals surface area contributed by atoms with Crippen molar-refractivity contribution in [1.29, 1.82) is 0 Å². The van der Waals surface area contributed by atoms with Crippen LogP contribution >= 0.6 is 0 Å². The van der Waals surface area contributed by atoms with Gasteiger partial charge in [-0.2, -0.15) is 5.48 Å². The van der Waals surface area contributed by atoms with Crippen LogP contribution in [0.15, 0.2) is 24.3 Å². The van der Waals surface area contributed by atoms with Gasteiger partial charge in [-0.25, -0.2) is 0 Å². The molecule has 0 bridgehead atoms. The van der Waals surface area contributed by atoms with Gasteiger partial charge in [0, 0.05) is 25.3 Å². The van der Waals surface area contributed by atoms with E-state index in [2.05, 4.69) is 48.5 Å². The lowest BCUT2D eigenvalue weighted by Crippen LogP contribution is -2.29. The highest BCUT2D eigenvalue weighted by atomic mass is 16.6. The van der Waals surface area contributed by atoms with E-state index in [0.29, 0.717) is 5.92 Å². The molecule has 1 aromatic rings. The first-order valence-electron chi connectivity index (χ1n) is 7.44. The van der Waals surface area contributed by atoms with Crippen molar-refractivity contribution < 1.29 is 4.84 Å². The second-order valence-electron chi connectivity index (χ2n) is 5.74. The molecule has 1 heterocycles. The van der Waals surface area contributed by atoms with Gasteiger partial charge in [-0.1, -0.05) is 26.0 Å². The molecule has 3 nitrogen and oxygen atoms in total. The highest BCUT2D eigenvalue weighted by molar-refractivity contribution is 5.47. The van der Waals surface area contributed by atoms with Gasteiger partial charge in [0.15, 0.2) is 0 Å². The molecule has 1 aliphatic heterocycles. The lowest BCUT2D eigenvalue weighted by molar-refractivity contribution is 0.0196. The highest BCUT2D eigenvalue weighted by Gasteiger charge is 2.10. The van der Waals surface area contributed by atoms with E-state index in [1.165, 1.54) is 43.6 Å². The predicted octanol–water partition coefficient (Wildman–Crippen LogP) is 3.35. The minimum absolute atomic E-state index is 0.564. The second kappa shape index (κ2) is 7.51. The first kappa shape index (κ1) is 14.4. The number of hydrogen-bond donors (Lipinski definition) is 1. The maximum Gasteiger partial charge on any atom is 0.0705 e. The van der Waals surface area contributed by atoms with Crippen LogP contribution in [0.25, 0.3) is 0 Å². The summed E-state index contributed by atoms with van der Waals surface area (Å²) in [5, 5.41) is 0. The highest BCUT2D eigenvalue weighted by Crippen LogP contribution is 2.20. The summed E-state index contributed by atoms with van der Waals surface area (Å²) in [6, 6.07) is 8.83. The molecule has 0 saturated carbocycles. The Morgan fingerprint density at radius 1 is 1.11 bits per heavy atom. The van der Waals surface area contributed by atoms with Crippen molar-refractivity contribution in [3.05, 3.63) is 29.8 Å². The molecule has 2 rings (SSSR count). The van der Waals surface area contributed by atoms with Gasteiger partial charge in [0.1, 0.15) is 0 Å². The average Bonchev–Trinajstić information content (AvgIpc) is 2.45. The molecule has 0 amide bonds. The van der Waals surface area contributed by atoms with Crippen molar-refractivity contribution >= 4 is 5.69 Å². The number of hydrogen-bond acceptors (Lipinski definition) is 3. The summed E-state index contributed by atoms with van der Waals surface area (Å²) in [4.78, 5) is 7.87. The van der Waals surface area contributed by atoms with Crippen molar-refractivity contribution in [1.82, 2.24) is 5.48 Å². The van der Waals surface area contributed by atoms with Crippen molar-refractivity contribution in [3.8, 4) is 0 Å². The molecule has 1 saturated heterocycles. The van der Waals surface area contributed by atoms with Crippen LogP contribution in [0, 0.1) is 5.92 Å². The van der Waals surface area contributed by atoms with Crippen LogP contribution in [0.4, 0.5) is 5.69 Å². The minimum Gasteiger partial charge on any atom is -0.372 e. The fourth-order valence-electron chi connectivity index (χ4n) is 2.34. The lowest BCUT2D eigenvalue weighted by Gasteiger charge is -2.28. The minimum atomic E-state index is 0.564. The van der Waals surface area contributed by atoms with E-state index in [1.54, 1.807) is 0 Å². The summed E-state index contributed by atoms with van der Waals surface area (Å²) in [7, 11) is 0. The Hall–Kier alpha value is -1.06. The average molecular weight is 262 g/mol. The van der Waals surface area contributed by atoms with Gasteiger partial charge < -0.3 is 9.74 Å². The summed E-state index contributed by atoms with van der Waals surface area (Å²) in [5.74, 6) is 0.564. The third-order valence-electron chi connectivity index (χ3n) is 3.45. The van der Waals surface area contributed by atoms with Gasteiger partial charge in [0.05, 0.1) is 6.61 Å². The van der Waals surface area contributed by atoms with E-state index in [0.717, 1.165) is 13.2 Å². The first-order chi connectivity index (χ1) is 9.25. The van der Waals surface area contributed by atoms with Crippen LogP contribution in [0.2, 0.25) is 0 Å². The third-order valence-corrected chi connectivity index (χ3v) is 3.45. The zero-order chi connectivity index (χ0) is 13.5. The number of benzene rings is 1. The van der Waals surface area contributed by atoms with E-state index in [4.69, 9.17) is 4.84 Å². The Kier molecular flexibility index (Phi) is 5.67. The summed E-state index contributed by atoms with van der Waals surface area (Å²) in [6.07, 6.45) is 4.03. The van der Waals surface area contributed by atoms with Gasteiger partial charge in [-0.3, -0.25) is 0 Å². The van der Waals surface area contributed by atoms with E-state index in [9.17, 15) is 0 Å². The smallest absolute Gasteiger partial charge is 0.0705 e. The summed E-state index contributed by atoms with van der Waals surface area (Å²) >= 11 is 0. The monoisotopic (exact) mass is 262 g/mol. The standard InChI is InChI=1S/C16H26N2O/c1-14(2)13-19-17-12-15-6-8-16(9-7-15)18-10-4-3-5-11-18/h6-9,14,17H,3-5,10-13H2,1-2H3. The molecule has 0 aromatic heterocycles. The van der Waals surface area contributed by atoms with Gasteiger partial charge in [-0.05, 0) is 42.9 Å². The van der Waals surface area contributed by atoms with Crippen LogP contribution in [-0.4, -0.2) is 19.7 Å². The van der Waals surface area contributed by atoms with Crippen LogP contribution in [-0.2, 0) is 11.4 Å². The molecule has 0 radical (unpaired) electrons. The second-order valence-corrected chi connectivity index (χ2v) is 5.74. The normalized spacial score (nSPS) is 16.1. The number of nitrogens with zero attached hydrogens (tertiary/aromatic N) is 1. The van der Waals surface area contributed by atoms with Gasteiger partial charge >= 0.3 is 0 Å². The lowest BCUT2D eigenvalue weighted by atomic mass is 10.1. The molecule has 19 heavy (non-hydrogen) atoms. The fourth-order valence-corrected chi connectivity index (χ4v) is 2.34. The number of hydroxylamine groups is 1. The van der Waals surface area contributed by atoms with Crippen LogP contribution in [0.5, 0.6) is 0 Å². The molecule has 1 aromatic carbocycles. The Morgan fingerprint density at radius 2 is 1.79 bits per heavy atom. The Labute approximate surface area is 116 Å². The summed E-state index contributed by atoms with van der Waals surface area (Å²) < 4.78 is 0. The quantitative estimate of drug-likeness (QED) is 0.628. The van der Waals surface area contributed by atoms with Gasteiger partial charge in [-0.15, -0.1) is 0 Å². The molecule has 106 valence electrons. The number of anilines is 1. The molecule has 0 spiro atoms. The zero-order valence-corrected chi connectivity index (χ0v) is 12.2. The van der Waals surface area contributed by atoms with Crippen molar-refractivity contribution in [3.63, 3.8) is 0 Å². The van der Waals surface area contributed by atoms with Crippen LogP contribution < -0.4 is 10.4 Å². The van der Waals surface area contributed by atoms with Gasteiger partial charge in [0.2, 0.25) is 0 Å². The SMILES string of the molecule is CC(C)CONCc1ccc(N2CCCCC2)cc1. The zero-order valence-electron chi connectivity index (χ0n) is 12.2. The van der Waals surface area contributed by atoms with E-state index >= 15 is 0 Å². The Balaban J connectivity index is 1.77.